The minimum Gasteiger partial charge on any atom is -0.466 e. The second-order valence-electron chi connectivity index (χ2n) is 20.7. The fourth-order valence-corrected chi connectivity index (χ4v) is 9.34. The number of allylic oxidation sites excluding steroid dienone is 3. The number of amides is 1. The molecule has 0 heterocycles. The molecule has 0 saturated carbocycles. The molecule has 0 aliphatic heterocycles. The fourth-order valence-electron chi connectivity index (χ4n) is 9.34. The van der Waals surface area contributed by atoms with Gasteiger partial charge in [-0.05, 0) is 57.8 Å². The second-order valence-corrected chi connectivity index (χ2v) is 20.7. The van der Waals surface area contributed by atoms with Gasteiger partial charge < -0.3 is 20.3 Å². The molecule has 0 rings (SSSR count). The Hall–Kier alpha value is -1.66. The Labute approximate surface area is 418 Å². The van der Waals surface area contributed by atoms with Gasteiger partial charge in [0.05, 0.1) is 25.4 Å². The molecule has 2 atom stereocenters. The molecule has 3 N–H and O–H groups in total. The molecule has 0 aliphatic carbocycles. The summed E-state index contributed by atoms with van der Waals surface area (Å²) in [7, 11) is 0. The van der Waals surface area contributed by atoms with Crippen LogP contribution in [0.1, 0.15) is 328 Å². The van der Waals surface area contributed by atoms with Crippen LogP contribution < -0.4 is 5.32 Å². The number of unbranched alkanes of at least 4 members (excludes halogenated alkanes) is 43. The minimum atomic E-state index is -0.840. The van der Waals surface area contributed by atoms with Gasteiger partial charge in [-0.2, -0.15) is 0 Å². The number of carbonyl (C=O) groups excluding carboxylic acids is 2. The molecule has 6 heteroatoms. The molecule has 2 unspecified atom stereocenters. The van der Waals surface area contributed by atoms with Crippen molar-refractivity contribution < 1.29 is 24.5 Å². The number of aliphatic hydroxyl groups is 2. The monoisotopic (exact) mass is 944 g/mol. The highest BCUT2D eigenvalue weighted by molar-refractivity contribution is 5.76. The lowest BCUT2D eigenvalue weighted by atomic mass is 10.0. The van der Waals surface area contributed by atoms with E-state index < -0.39 is 12.1 Å². The second kappa shape index (κ2) is 56.9. The Kier molecular flexibility index (Phi) is 55.5. The van der Waals surface area contributed by atoms with Crippen molar-refractivity contribution in [3.05, 3.63) is 24.3 Å². The van der Waals surface area contributed by atoms with Crippen molar-refractivity contribution in [2.24, 2.45) is 0 Å². The van der Waals surface area contributed by atoms with E-state index in [1.54, 1.807) is 6.08 Å². The first-order valence-corrected chi connectivity index (χ1v) is 30.1. The highest BCUT2D eigenvalue weighted by Gasteiger charge is 2.18. The van der Waals surface area contributed by atoms with Gasteiger partial charge in [0.15, 0.2) is 0 Å². The van der Waals surface area contributed by atoms with Crippen molar-refractivity contribution in [2.75, 3.05) is 13.2 Å². The van der Waals surface area contributed by atoms with E-state index in [1.807, 2.05) is 6.08 Å². The quantitative estimate of drug-likeness (QED) is 0.0321. The van der Waals surface area contributed by atoms with Crippen molar-refractivity contribution in [3.63, 3.8) is 0 Å². The topological polar surface area (TPSA) is 95.9 Å². The molecule has 0 spiro atoms. The van der Waals surface area contributed by atoms with E-state index in [4.69, 9.17) is 4.74 Å². The number of ether oxygens (including phenoxy) is 1. The predicted molar refractivity (Wildman–Crippen MR) is 292 cm³/mol. The zero-order valence-corrected chi connectivity index (χ0v) is 45.1. The van der Waals surface area contributed by atoms with Crippen LogP contribution in [-0.4, -0.2) is 47.4 Å². The fraction of sp³-hybridized carbons (Fsp3) is 0.902. The lowest BCUT2D eigenvalue weighted by Gasteiger charge is -2.20. The van der Waals surface area contributed by atoms with Crippen LogP contribution in [0.15, 0.2) is 24.3 Å². The zero-order chi connectivity index (χ0) is 48.6. The summed E-state index contributed by atoms with van der Waals surface area (Å²) in [5.74, 6) is -0.0581. The van der Waals surface area contributed by atoms with Crippen LogP contribution in [0.2, 0.25) is 0 Å². The third-order valence-electron chi connectivity index (χ3n) is 14.0. The molecule has 0 aromatic heterocycles. The molecule has 67 heavy (non-hydrogen) atoms. The van der Waals surface area contributed by atoms with E-state index in [0.717, 1.165) is 44.9 Å². The molecule has 0 aromatic carbocycles. The number of esters is 1. The Bertz CT molecular complexity index is 1040. The Morgan fingerprint density at radius 1 is 0.403 bits per heavy atom. The van der Waals surface area contributed by atoms with Gasteiger partial charge in [0, 0.05) is 12.8 Å². The molecule has 1 amide bonds. The van der Waals surface area contributed by atoms with E-state index in [1.165, 1.54) is 257 Å². The summed E-state index contributed by atoms with van der Waals surface area (Å²) in [4.78, 5) is 24.4. The van der Waals surface area contributed by atoms with Gasteiger partial charge in [0.25, 0.3) is 0 Å². The SMILES string of the molecule is CCCCCC/C=C\CCCCCCCC(=O)OCCCCCCCCCCCCCCCCCCCCCCCCCCCCCC(=O)NC(CO)C(O)/C=C/CCCCCCCCCC. The Morgan fingerprint density at radius 3 is 1.07 bits per heavy atom. The van der Waals surface area contributed by atoms with E-state index in [-0.39, 0.29) is 18.5 Å². The average molecular weight is 945 g/mol. The maximum atomic E-state index is 12.4. The summed E-state index contributed by atoms with van der Waals surface area (Å²) in [5, 5.41) is 23.0. The maximum absolute atomic E-state index is 12.4. The zero-order valence-electron chi connectivity index (χ0n) is 45.1. The normalized spacial score (nSPS) is 12.7. The standard InChI is InChI=1S/C61H117NO5/c1-3-5-7-9-11-13-15-31-35-39-43-47-51-55-61(66)67-56-52-48-44-40-36-33-30-28-26-24-22-20-18-16-17-19-21-23-25-27-29-32-34-38-42-46-50-54-60(65)62-58(57-63)59(64)53-49-45-41-37-14-12-10-8-6-4-2/h13,15,49,53,58-59,63-64H,3-12,14,16-48,50-52,54-57H2,1-2H3,(H,62,65)/b15-13-,53-49+. The van der Waals surface area contributed by atoms with Gasteiger partial charge in [-0.3, -0.25) is 9.59 Å². The highest BCUT2D eigenvalue weighted by Crippen LogP contribution is 2.17. The summed E-state index contributed by atoms with van der Waals surface area (Å²) < 4.78 is 5.47. The molecule has 6 nitrogen and oxygen atoms in total. The first-order valence-electron chi connectivity index (χ1n) is 30.1. The number of nitrogens with one attached hydrogen (secondary N) is 1. The number of carbonyl (C=O) groups is 2. The summed E-state index contributed by atoms with van der Waals surface area (Å²) in [6.07, 6.45) is 69.4. The first kappa shape index (κ1) is 65.3. The van der Waals surface area contributed by atoms with Crippen LogP contribution in [0.3, 0.4) is 0 Å². The van der Waals surface area contributed by atoms with Crippen LogP contribution in [0, 0.1) is 0 Å². The lowest BCUT2D eigenvalue weighted by Crippen LogP contribution is -2.45. The average Bonchev–Trinajstić information content (AvgIpc) is 3.33. The smallest absolute Gasteiger partial charge is 0.305 e. The van der Waals surface area contributed by atoms with Gasteiger partial charge in [-0.15, -0.1) is 0 Å². The molecule has 0 saturated heterocycles. The third-order valence-corrected chi connectivity index (χ3v) is 14.0. The molecule has 0 fully saturated rings. The Balaban J connectivity index is 3.33. The van der Waals surface area contributed by atoms with Crippen molar-refractivity contribution >= 4 is 11.9 Å². The van der Waals surface area contributed by atoms with Crippen molar-refractivity contribution in [2.45, 2.75) is 341 Å². The van der Waals surface area contributed by atoms with Crippen LogP contribution in [-0.2, 0) is 14.3 Å². The molecule has 0 radical (unpaired) electrons. The highest BCUT2D eigenvalue weighted by atomic mass is 16.5. The largest absolute Gasteiger partial charge is 0.466 e. The van der Waals surface area contributed by atoms with E-state index in [0.29, 0.717) is 19.4 Å². The van der Waals surface area contributed by atoms with Crippen LogP contribution >= 0.6 is 0 Å². The van der Waals surface area contributed by atoms with Crippen molar-refractivity contribution in [1.29, 1.82) is 0 Å². The number of rotatable bonds is 56. The van der Waals surface area contributed by atoms with Crippen LogP contribution in [0.5, 0.6) is 0 Å². The molecular formula is C61H117NO5. The molecule has 0 bridgehead atoms. The van der Waals surface area contributed by atoms with Crippen molar-refractivity contribution in [1.82, 2.24) is 5.32 Å². The van der Waals surface area contributed by atoms with Gasteiger partial charge in [-0.25, -0.2) is 0 Å². The molecule has 0 aliphatic rings. The maximum Gasteiger partial charge on any atom is 0.305 e. The van der Waals surface area contributed by atoms with Gasteiger partial charge >= 0.3 is 5.97 Å². The van der Waals surface area contributed by atoms with Crippen LogP contribution in [0.4, 0.5) is 0 Å². The minimum absolute atomic E-state index is 0.00835. The molecular weight excluding hydrogens is 827 g/mol. The first-order chi connectivity index (χ1) is 33.0. The van der Waals surface area contributed by atoms with E-state index in [2.05, 4.69) is 31.3 Å². The van der Waals surface area contributed by atoms with Gasteiger partial charge in [0.2, 0.25) is 5.91 Å². The van der Waals surface area contributed by atoms with E-state index in [9.17, 15) is 19.8 Å². The number of aliphatic hydroxyl groups excluding tert-OH is 2. The number of hydrogen-bond donors (Lipinski definition) is 3. The summed E-state index contributed by atoms with van der Waals surface area (Å²) >= 11 is 0. The van der Waals surface area contributed by atoms with Crippen molar-refractivity contribution in [3.8, 4) is 0 Å². The summed E-state index contributed by atoms with van der Waals surface area (Å²) in [5.41, 5.74) is 0. The summed E-state index contributed by atoms with van der Waals surface area (Å²) in [6.45, 7) is 4.88. The predicted octanol–water partition coefficient (Wildman–Crippen LogP) is 18.6. The molecule has 0 aromatic rings. The molecule has 396 valence electrons. The lowest BCUT2D eigenvalue weighted by molar-refractivity contribution is -0.143. The number of hydrogen-bond acceptors (Lipinski definition) is 5. The summed E-state index contributed by atoms with van der Waals surface area (Å²) in [6, 6.07) is -0.623. The third kappa shape index (κ3) is 53.5. The van der Waals surface area contributed by atoms with Gasteiger partial charge in [-0.1, -0.05) is 282 Å². The Morgan fingerprint density at radius 2 is 0.701 bits per heavy atom. The van der Waals surface area contributed by atoms with Crippen LogP contribution in [0.25, 0.3) is 0 Å². The van der Waals surface area contributed by atoms with Gasteiger partial charge in [0.1, 0.15) is 0 Å². The van der Waals surface area contributed by atoms with E-state index >= 15 is 0 Å².